The molecular weight excluding hydrogens is 516 g/mol. The van der Waals surface area contributed by atoms with Crippen molar-refractivity contribution in [1.82, 2.24) is 0 Å². The first-order chi connectivity index (χ1) is 19.0. The van der Waals surface area contributed by atoms with Crippen molar-refractivity contribution in [2.24, 2.45) is 0 Å². The van der Waals surface area contributed by atoms with Crippen LogP contribution in [-0.2, 0) is 26.4 Å². The Balaban J connectivity index is 0.000000188. The smallest absolute Gasteiger partial charge is 0.373 e. The molecule has 0 saturated carbocycles. The van der Waals surface area contributed by atoms with Gasteiger partial charge in [0, 0.05) is 20.6 Å². The number of esters is 1. The predicted molar refractivity (Wildman–Crippen MR) is 148 cm³/mol. The molecule has 218 valence electrons. The van der Waals surface area contributed by atoms with Crippen LogP contribution in [0.4, 0.5) is 0 Å². The molecule has 4 aromatic rings. The summed E-state index contributed by atoms with van der Waals surface area (Å²) in [6, 6.07) is 14.6. The van der Waals surface area contributed by atoms with E-state index in [0.29, 0.717) is 18.1 Å². The summed E-state index contributed by atoms with van der Waals surface area (Å²) < 4.78 is 35.6. The Morgan fingerprint density at radius 1 is 0.775 bits per heavy atom. The van der Waals surface area contributed by atoms with E-state index in [4.69, 9.17) is 27.1 Å². The first kappa shape index (κ1) is 32.4. The van der Waals surface area contributed by atoms with Gasteiger partial charge in [-0.15, -0.1) is 0 Å². The number of Topliss-reactive ketones (excluding diaryl/α,β-unsaturated/α-hetero) is 1. The van der Waals surface area contributed by atoms with Gasteiger partial charge >= 0.3 is 5.97 Å². The number of furan rings is 4. The van der Waals surface area contributed by atoms with Crippen molar-refractivity contribution in [3.8, 4) is 0 Å². The molecule has 0 aliphatic carbocycles. The largest absolute Gasteiger partial charge is 0.464 e. The van der Waals surface area contributed by atoms with Crippen molar-refractivity contribution in [2.75, 3.05) is 20.8 Å². The Hall–Kier alpha value is -3.82. The minimum Gasteiger partial charge on any atom is -0.464 e. The van der Waals surface area contributed by atoms with Crippen LogP contribution in [-0.4, -0.2) is 32.6 Å². The minimum absolute atomic E-state index is 0.0249. The minimum atomic E-state index is -0.437. The zero-order valence-corrected chi connectivity index (χ0v) is 24.6. The summed E-state index contributed by atoms with van der Waals surface area (Å²) in [6.45, 7) is 12.5. The second-order valence-corrected chi connectivity index (χ2v) is 9.41. The summed E-state index contributed by atoms with van der Waals surface area (Å²) in [5.74, 6) is 5.46. The van der Waals surface area contributed by atoms with E-state index in [1.165, 1.54) is 14.0 Å². The predicted octanol–water partition coefficient (Wildman–Crippen LogP) is 7.51. The van der Waals surface area contributed by atoms with Crippen LogP contribution in [0.5, 0.6) is 0 Å². The molecule has 9 heteroatoms. The zero-order valence-electron chi connectivity index (χ0n) is 24.6. The molecule has 4 aromatic heterocycles. The van der Waals surface area contributed by atoms with Crippen molar-refractivity contribution in [1.29, 1.82) is 0 Å². The van der Waals surface area contributed by atoms with Gasteiger partial charge in [-0.25, -0.2) is 4.79 Å². The summed E-state index contributed by atoms with van der Waals surface area (Å²) in [6.07, 6.45) is 2.20. The lowest BCUT2D eigenvalue weighted by atomic mass is 10.0. The molecule has 1 aliphatic rings. The normalized spacial score (nSPS) is 15.6. The van der Waals surface area contributed by atoms with Gasteiger partial charge in [0.2, 0.25) is 5.76 Å². The molecular formula is C31H40O9. The highest BCUT2D eigenvalue weighted by Gasteiger charge is 2.34. The van der Waals surface area contributed by atoms with Gasteiger partial charge in [-0.05, 0) is 96.0 Å². The third-order valence-electron chi connectivity index (χ3n) is 5.78. The summed E-state index contributed by atoms with van der Waals surface area (Å²) in [7, 11) is 2.97. The Morgan fingerprint density at radius 3 is 1.70 bits per heavy atom. The average Bonchev–Trinajstić information content (AvgIpc) is 3.74. The SMILES string of the molecule is CC(=O)c1ccc(C)o1.COC(=O)c1ccc(C)o1.COCc1ccc(C)o1.Cc1ccc(C2(C)CCCO2)o1. The van der Waals surface area contributed by atoms with Crippen molar-refractivity contribution >= 4 is 11.8 Å². The van der Waals surface area contributed by atoms with Gasteiger partial charge in [0.05, 0.1) is 7.11 Å². The van der Waals surface area contributed by atoms with Gasteiger partial charge < -0.3 is 31.9 Å². The molecule has 1 aliphatic heterocycles. The topological polar surface area (TPSA) is 114 Å². The van der Waals surface area contributed by atoms with Crippen LogP contribution in [0.3, 0.4) is 0 Å². The van der Waals surface area contributed by atoms with E-state index in [9.17, 15) is 9.59 Å². The van der Waals surface area contributed by atoms with Crippen LogP contribution in [0, 0.1) is 27.7 Å². The molecule has 1 unspecified atom stereocenters. The fourth-order valence-electron chi connectivity index (χ4n) is 3.67. The van der Waals surface area contributed by atoms with Crippen LogP contribution < -0.4 is 0 Å². The fourth-order valence-corrected chi connectivity index (χ4v) is 3.67. The van der Waals surface area contributed by atoms with E-state index in [-0.39, 0.29) is 17.1 Å². The van der Waals surface area contributed by atoms with Crippen LogP contribution in [0.1, 0.15) is 82.4 Å². The number of aryl methyl sites for hydroxylation is 4. The van der Waals surface area contributed by atoms with E-state index < -0.39 is 5.97 Å². The number of rotatable bonds is 5. The fraction of sp³-hybridized carbons (Fsp3) is 0.419. The molecule has 1 atom stereocenters. The number of hydrogen-bond acceptors (Lipinski definition) is 9. The second kappa shape index (κ2) is 15.7. The first-order valence-corrected chi connectivity index (χ1v) is 12.9. The molecule has 1 fully saturated rings. The number of methoxy groups -OCH3 is 2. The van der Waals surface area contributed by atoms with Gasteiger partial charge in [0.25, 0.3) is 0 Å². The monoisotopic (exact) mass is 556 g/mol. The summed E-state index contributed by atoms with van der Waals surface area (Å²) in [5, 5.41) is 0. The molecule has 5 rings (SSSR count). The van der Waals surface area contributed by atoms with Gasteiger partial charge in [0.15, 0.2) is 11.5 Å². The molecule has 0 radical (unpaired) electrons. The van der Waals surface area contributed by atoms with E-state index in [1.807, 2.05) is 45.0 Å². The van der Waals surface area contributed by atoms with Crippen LogP contribution in [0.25, 0.3) is 0 Å². The highest BCUT2D eigenvalue weighted by molar-refractivity contribution is 5.91. The quantitative estimate of drug-likeness (QED) is 0.182. The van der Waals surface area contributed by atoms with E-state index in [2.05, 4.69) is 11.7 Å². The number of ketones is 1. The van der Waals surface area contributed by atoms with Gasteiger partial charge in [0.1, 0.15) is 46.8 Å². The Kier molecular flexibility index (Phi) is 12.7. The maximum absolute atomic E-state index is 10.7. The van der Waals surface area contributed by atoms with Crippen LogP contribution in [0.2, 0.25) is 0 Å². The number of carbonyl (C=O) groups excluding carboxylic acids is 2. The molecule has 0 spiro atoms. The standard InChI is InChI=1S/C10H14O2.C7H8O3.C7H10O2.C7H8O2/c1-8-4-5-9(12-8)10(2)6-3-7-11-10;1-5-3-4-6(10-5)7(8)9-2;1-6-3-4-7(9-6)5-8-2;1-5-3-4-7(9-5)6(2)8/h4-5H,3,6-7H2,1-2H3;3-4H,1-2H3;3-4H,5H2,1-2H3;3-4H,1-2H3. The van der Waals surface area contributed by atoms with Crippen molar-refractivity contribution < 1.29 is 41.5 Å². The molecule has 40 heavy (non-hydrogen) atoms. The van der Waals surface area contributed by atoms with Crippen LogP contribution in [0.15, 0.2) is 66.2 Å². The summed E-state index contributed by atoms with van der Waals surface area (Å²) in [4.78, 5) is 21.3. The average molecular weight is 557 g/mol. The molecule has 5 heterocycles. The molecule has 0 amide bonds. The summed E-state index contributed by atoms with van der Waals surface area (Å²) in [5.41, 5.74) is -0.158. The molecule has 9 nitrogen and oxygen atoms in total. The zero-order chi connectivity index (χ0) is 29.7. The second-order valence-electron chi connectivity index (χ2n) is 9.41. The molecule has 1 saturated heterocycles. The Bertz CT molecular complexity index is 1310. The Morgan fingerprint density at radius 2 is 1.32 bits per heavy atom. The maximum atomic E-state index is 10.7. The van der Waals surface area contributed by atoms with Crippen molar-refractivity contribution in [3.63, 3.8) is 0 Å². The van der Waals surface area contributed by atoms with Crippen molar-refractivity contribution in [3.05, 3.63) is 94.6 Å². The third-order valence-corrected chi connectivity index (χ3v) is 5.78. The lowest BCUT2D eigenvalue weighted by Crippen LogP contribution is -2.18. The van der Waals surface area contributed by atoms with E-state index in [0.717, 1.165) is 48.2 Å². The van der Waals surface area contributed by atoms with Crippen molar-refractivity contribution in [2.45, 2.75) is 66.6 Å². The van der Waals surface area contributed by atoms with E-state index >= 15 is 0 Å². The first-order valence-electron chi connectivity index (χ1n) is 12.9. The lowest BCUT2D eigenvalue weighted by Gasteiger charge is -2.19. The van der Waals surface area contributed by atoms with Gasteiger partial charge in [-0.2, -0.15) is 0 Å². The number of carbonyl (C=O) groups is 2. The maximum Gasteiger partial charge on any atom is 0.373 e. The molecule has 0 N–H and O–H groups in total. The number of ether oxygens (including phenoxy) is 3. The van der Waals surface area contributed by atoms with E-state index in [1.54, 1.807) is 38.3 Å². The summed E-state index contributed by atoms with van der Waals surface area (Å²) >= 11 is 0. The van der Waals surface area contributed by atoms with Crippen LogP contribution >= 0.6 is 0 Å². The number of hydrogen-bond donors (Lipinski definition) is 0. The van der Waals surface area contributed by atoms with Gasteiger partial charge in [-0.1, -0.05) is 0 Å². The highest BCUT2D eigenvalue weighted by Crippen LogP contribution is 2.36. The Labute approximate surface area is 235 Å². The third kappa shape index (κ3) is 10.4. The highest BCUT2D eigenvalue weighted by atomic mass is 16.5. The lowest BCUT2D eigenvalue weighted by molar-refractivity contribution is -0.00141. The molecule has 0 bridgehead atoms. The molecule has 0 aromatic carbocycles. The van der Waals surface area contributed by atoms with Gasteiger partial charge in [-0.3, -0.25) is 4.79 Å².